The normalized spacial score (nSPS) is 21.9. The minimum atomic E-state index is -0.243. The van der Waals surface area contributed by atoms with Gasteiger partial charge in [0.15, 0.2) is 0 Å². The first kappa shape index (κ1) is 27.6. The van der Waals surface area contributed by atoms with Gasteiger partial charge in [0.1, 0.15) is 12.4 Å². The number of methoxy groups -OCH3 is 1. The minimum absolute atomic E-state index is 0.00358. The van der Waals surface area contributed by atoms with Gasteiger partial charge in [-0.05, 0) is 39.6 Å². The van der Waals surface area contributed by atoms with Gasteiger partial charge in [0, 0.05) is 51.3 Å². The van der Waals surface area contributed by atoms with Gasteiger partial charge in [0.25, 0.3) is 5.91 Å². The Morgan fingerprint density at radius 2 is 1.94 bits per heavy atom. The number of likely N-dealkylation sites (N-methyl/N-ethyl adjacent to an activating group) is 2. The summed E-state index contributed by atoms with van der Waals surface area (Å²) in [7, 11) is 7.08. The van der Waals surface area contributed by atoms with Crippen LogP contribution < -0.4 is 10.1 Å². The van der Waals surface area contributed by atoms with E-state index in [9.17, 15) is 14.4 Å². The van der Waals surface area contributed by atoms with Crippen LogP contribution in [0, 0.1) is 5.92 Å². The molecule has 0 unspecified atom stereocenters. The second kappa shape index (κ2) is 12.7. The number of hydrogen-bond donors (Lipinski definition) is 1. The molecule has 1 aromatic rings. The summed E-state index contributed by atoms with van der Waals surface area (Å²) in [6, 6.07) is 4.83. The molecule has 0 radical (unpaired) electrons. The fourth-order valence-electron chi connectivity index (χ4n) is 4.01. The Bertz CT molecular complexity index is 860. The van der Waals surface area contributed by atoms with Gasteiger partial charge in [-0.2, -0.15) is 0 Å². The Morgan fingerprint density at radius 3 is 2.56 bits per heavy atom. The number of amides is 3. The molecule has 0 aromatic heterocycles. The number of fused-ring (bicyclic) bond motifs is 1. The summed E-state index contributed by atoms with van der Waals surface area (Å²) in [5.41, 5.74) is 0.966. The highest BCUT2D eigenvalue weighted by Gasteiger charge is 2.30. The molecular formula is C25H40N4O5. The summed E-state index contributed by atoms with van der Waals surface area (Å²) < 4.78 is 11.8. The van der Waals surface area contributed by atoms with E-state index in [-0.39, 0.29) is 48.9 Å². The van der Waals surface area contributed by atoms with E-state index in [2.05, 4.69) is 5.32 Å². The molecule has 0 saturated heterocycles. The van der Waals surface area contributed by atoms with Crippen molar-refractivity contribution < 1.29 is 23.9 Å². The van der Waals surface area contributed by atoms with Crippen LogP contribution in [0.1, 0.15) is 44.0 Å². The number of carbonyl (C=O) groups is 3. The van der Waals surface area contributed by atoms with Crippen LogP contribution in [0.2, 0.25) is 0 Å². The first-order valence-corrected chi connectivity index (χ1v) is 11.9. The second-order valence-electron chi connectivity index (χ2n) is 9.39. The highest BCUT2D eigenvalue weighted by Crippen LogP contribution is 2.27. The standard InChI is InChI=1S/C25H40N4O5/c1-8-9-23(30)26-19-10-11-20-21(12-19)34-16-18(3)29(24(31)15-27(4)5)13-17(2)22(33-7)14-28(6)25(20)32/h10-12,17-18,22H,8-9,13-16H2,1-7H3,(H,26,30)/t17-,18+,22-/m0/s1. The van der Waals surface area contributed by atoms with Crippen molar-refractivity contribution in [2.24, 2.45) is 5.92 Å². The Hall–Kier alpha value is -2.65. The molecule has 0 fully saturated rings. The number of nitrogens with one attached hydrogen (secondary N) is 1. The molecule has 1 heterocycles. The van der Waals surface area contributed by atoms with E-state index in [4.69, 9.17) is 9.47 Å². The average molecular weight is 477 g/mol. The van der Waals surface area contributed by atoms with Crippen molar-refractivity contribution in [3.8, 4) is 5.75 Å². The molecule has 9 nitrogen and oxygen atoms in total. The number of benzene rings is 1. The molecule has 190 valence electrons. The highest BCUT2D eigenvalue weighted by atomic mass is 16.5. The zero-order valence-corrected chi connectivity index (χ0v) is 21.6. The Balaban J connectivity index is 2.42. The molecule has 1 aliphatic rings. The van der Waals surface area contributed by atoms with Crippen LogP contribution in [0.15, 0.2) is 18.2 Å². The molecule has 3 atom stereocenters. The first-order chi connectivity index (χ1) is 16.1. The van der Waals surface area contributed by atoms with Gasteiger partial charge >= 0.3 is 0 Å². The van der Waals surface area contributed by atoms with Gasteiger partial charge in [-0.15, -0.1) is 0 Å². The topological polar surface area (TPSA) is 91.4 Å². The van der Waals surface area contributed by atoms with Crippen LogP contribution in [0.4, 0.5) is 5.69 Å². The Kier molecular flexibility index (Phi) is 10.3. The van der Waals surface area contributed by atoms with Gasteiger partial charge in [-0.1, -0.05) is 13.8 Å². The Labute approximate surface area is 203 Å². The van der Waals surface area contributed by atoms with Crippen molar-refractivity contribution >= 4 is 23.4 Å². The fraction of sp³-hybridized carbons (Fsp3) is 0.640. The third-order valence-corrected chi connectivity index (χ3v) is 5.98. The monoisotopic (exact) mass is 476 g/mol. The summed E-state index contributed by atoms with van der Waals surface area (Å²) in [5.74, 6) is 0.101. The van der Waals surface area contributed by atoms with Gasteiger partial charge in [0.2, 0.25) is 11.8 Å². The summed E-state index contributed by atoms with van der Waals surface area (Å²) >= 11 is 0. The summed E-state index contributed by atoms with van der Waals surface area (Å²) in [6.45, 7) is 7.26. The van der Waals surface area contributed by atoms with E-state index in [1.807, 2.05) is 44.7 Å². The zero-order chi connectivity index (χ0) is 25.4. The van der Waals surface area contributed by atoms with Crippen LogP contribution in [-0.2, 0) is 14.3 Å². The minimum Gasteiger partial charge on any atom is -0.491 e. The molecule has 0 saturated carbocycles. The lowest BCUT2D eigenvalue weighted by Gasteiger charge is -2.36. The van der Waals surface area contributed by atoms with Gasteiger partial charge < -0.3 is 29.5 Å². The number of ether oxygens (including phenoxy) is 2. The molecule has 0 aliphatic carbocycles. The van der Waals surface area contributed by atoms with E-state index < -0.39 is 0 Å². The molecule has 2 rings (SSSR count). The maximum absolute atomic E-state index is 13.3. The van der Waals surface area contributed by atoms with Gasteiger partial charge in [-0.25, -0.2) is 0 Å². The van der Waals surface area contributed by atoms with Gasteiger partial charge in [-0.3, -0.25) is 14.4 Å². The maximum Gasteiger partial charge on any atom is 0.257 e. The van der Waals surface area contributed by atoms with E-state index in [0.717, 1.165) is 6.42 Å². The van der Waals surface area contributed by atoms with Crippen molar-refractivity contribution in [3.63, 3.8) is 0 Å². The van der Waals surface area contributed by atoms with Crippen molar-refractivity contribution in [1.82, 2.24) is 14.7 Å². The average Bonchev–Trinajstić information content (AvgIpc) is 2.77. The first-order valence-electron chi connectivity index (χ1n) is 11.9. The summed E-state index contributed by atoms with van der Waals surface area (Å²) in [6.07, 6.45) is 0.910. The van der Waals surface area contributed by atoms with E-state index in [0.29, 0.717) is 36.5 Å². The van der Waals surface area contributed by atoms with Crippen molar-refractivity contribution in [1.29, 1.82) is 0 Å². The molecule has 1 aliphatic heterocycles. The SMILES string of the molecule is CCCC(=O)Nc1ccc2c(c1)OC[C@@H](C)N(C(=O)CN(C)C)C[C@H](C)[C@@H](OC)CN(C)C2=O. The highest BCUT2D eigenvalue weighted by molar-refractivity contribution is 5.98. The van der Waals surface area contributed by atoms with E-state index in [1.54, 1.807) is 37.3 Å². The quantitative estimate of drug-likeness (QED) is 0.678. The molecule has 0 spiro atoms. The number of carbonyl (C=O) groups excluding carboxylic acids is 3. The van der Waals surface area contributed by atoms with E-state index >= 15 is 0 Å². The van der Waals surface area contributed by atoms with Crippen LogP contribution in [0.25, 0.3) is 0 Å². The lowest BCUT2D eigenvalue weighted by molar-refractivity contribution is -0.136. The maximum atomic E-state index is 13.3. The number of rotatable bonds is 6. The van der Waals surface area contributed by atoms with Crippen molar-refractivity contribution in [3.05, 3.63) is 23.8 Å². The predicted octanol–water partition coefficient (Wildman–Crippen LogP) is 2.32. The van der Waals surface area contributed by atoms with Crippen LogP contribution in [0.5, 0.6) is 5.75 Å². The fourth-order valence-corrected chi connectivity index (χ4v) is 4.01. The lowest BCUT2D eigenvalue weighted by atomic mass is 10.0. The molecular weight excluding hydrogens is 436 g/mol. The zero-order valence-electron chi connectivity index (χ0n) is 21.6. The largest absolute Gasteiger partial charge is 0.491 e. The van der Waals surface area contributed by atoms with Crippen LogP contribution >= 0.6 is 0 Å². The smallest absolute Gasteiger partial charge is 0.257 e. The number of anilines is 1. The third kappa shape index (κ3) is 7.43. The molecule has 34 heavy (non-hydrogen) atoms. The number of hydrogen-bond acceptors (Lipinski definition) is 6. The Morgan fingerprint density at radius 1 is 1.24 bits per heavy atom. The van der Waals surface area contributed by atoms with Gasteiger partial charge in [0.05, 0.1) is 24.3 Å². The summed E-state index contributed by atoms with van der Waals surface area (Å²) in [4.78, 5) is 43.7. The van der Waals surface area contributed by atoms with E-state index in [1.165, 1.54) is 0 Å². The molecule has 0 bridgehead atoms. The lowest BCUT2D eigenvalue weighted by Crippen LogP contribution is -2.50. The summed E-state index contributed by atoms with van der Waals surface area (Å²) in [5, 5.41) is 2.85. The van der Waals surface area contributed by atoms with Crippen LogP contribution in [-0.4, -0.2) is 99.1 Å². The number of nitrogens with zero attached hydrogens (tertiary/aromatic N) is 3. The van der Waals surface area contributed by atoms with Crippen molar-refractivity contribution in [2.45, 2.75) is 45.8 Å². The van der Waals surface area contributed by atoms with Crippen LogP contribution in [0.3, 0.4) is 0 Å². The van der Waals surface area contributed by atoms with Crippen molar-refractivity contribution in [2.75, 3.05) is 59.8 Å². The second-order valence-corrected chi connectivity index (χ2v) is 9.39. The molecule has 1 aromatic carbocycles. The molecule has 1 N–H and O–H groups in total. The predicted molar refractivity (Wildman–Crippen MR) is 132 cm³/mol. The third-order valence-electron chi connectivity index (χ3n) is 5.98. The molecule has 9 heteroatoms. The molecule has 3 amide bonds.